The molecule has 0 aliphatic rings. The van der Waals surface area contributed by atoms with E-state index in [0.717, 1.165) is 0 Å². The summed E-state index contributed by atoms with van der Waals surface area (Å²) in [5.74, 6) is 5.35. The van der Waals surface area contributed by atoms with E-state index in [2.05, 4.69) is 11.8 Å². The third kappa shape index (κ3) is 2.72. The fourth-order valence-electron chi connectivity index (χ4n) is 0.933. The van der Waals surface area contributed by atoms with Crippen LogP contribution in [-0.4, -0.2) is 12.6 Å². The van der Waals surface area contributed by atoms with Gasteiger partial charge in [-0.25, -0.2) is 0 Å². The molecule has 0 spiro atoms. The zero-order chi connectivity index (χ0) is 10.4. The van der Waals surface area contributed by atoms with Gasteiger partial charge in [0.15, 0.2) is 6.29 Å². The summed E-state index contributed by atoms with van der Waals surface area (Å²) in [5, 5.41) is 0.494. The zero-order valence-electron chi connectivity index (χ0n) is 7.29. The summed E-state index contributed by atoms with van der Waals surface area (Å²) < 4.78 is 0. The van der Waals surface area contributed by atoms with Gasteiger partial charge in [-0.1, -0.05) is 23.4 Å². The van der Waals surface area contributed by atoms with E-state index in [9.17, 15) is 9.59 Å². The molecule has 0 heterocycles. The van der Waals surface area contributed by atoms with Crippen LogP contribution in [0.15, 0.2) is 18.2 Å². The van der Waals surface area contributed by atoms with E-state index in [1.165, 1.54) is 0 Å². The van der Waals surface area contributed by atoms with Crippen LogP contribution in [0, 0.1) is 11.8 Å². The monoisotopic (exact) mass is 206 g/mol. The molecule has 1 aromatic carbocycles. The highest BCUT2D eigenvalue weighted by Crippen LogP contribution is 2.13. The van der Waals surface area contributed by atoms with Crippen molar-refractivity contribution in [3.05, 3.63) is 34.3 Å². The van der Waals surface area contributed by atoms with Gasteiger partial charge in [0, 0.05) is 16.1 Å². The second-order valence-corrected chi connectivity index (χ2v) is 2.96. The van der Waals surface area contributed by atoms with Crippen molar-refractivity contribution in [3.63, 3.8) is 0 Å². The van der Waals surface area contributed by atoms with Crippen molar-refractivity contribution >= 4 is 24.2 Å². The van der Waals surface area contributed by atoms with Gasteiger partial charge < -0.3 is 4.79 Å². The molecule has 70 valence electrons. The van der Waals surface area contributed by atoms with Crippen molar-refractivity contribution in [2.45, 2.75) is 6.42 Å². The molecule has 0 aliphatic carbocycles. The van der Waals surface area contributed by atoms with E-state index >= 15 is 0 Å². The summed E-state index contributed by atoms with van der Waals surface area (Å²) in [6.07, 6.45) is 1.57. The molecule has 0 atom stereocenters. The van der Waals surface area contributed by atoms with Gasteiger partial charge in [0.1, 0.15) is 6.29 Å². The fourth-order valence-corrected chi connectivity index (χ4v) is 1.11. The van der Waals surface area contributed by atoms with Gasteiger partial charge in [0.05, 0.1) is 6.42 Å². The number of halogens is 1. The molecule has 3 heteroatoms. The molecule has 0 unspecified atom stereocenters. The molecular formula is C11H7ClO2. The van der Waals surface area contributed by atoms with Crippen LogP contribution in [0.25, 0.3) is 0 Å². The second-order valence-electron chi connectivity index (χ2n) is 2.52. The summed E-state index contributed by atoms with van der Waals surface area (Å²) in [6.45, 7) is 0. The Morgan fingerprint density at radius 2 is 2.14 bits per heavy atom. The molecule has 0 saturated heterocycles. The van der Waals surface area contributed by atoms with Crippen molar-refractivity contribution in [3.8, 4) is 11.8 Å². The quantitative estimate of drug-likeness (QED) is 0.549. The van der Waals surface area contributed by atoms with Gasteiger partial charge in [-0.05, 0) is 18.2 Å². The van der Waals surface area contributed by atoms with Crippen molar-refractivity contribution in [2.24, 2.45) is 0 Å². The van der Waals surface area contributed by atoms with E-state index in [1.807, 2.05) is 0 Å². The summed E-state index contributed by atoms with van der Waals surface area (Å²) in [5.41, 5.74) is 1.03. The minimum Gasteiger partial charge on any atom is -0.302 e. The molecule has 0 aromatic heterocycles. The third-order valence-corrected chi connectivity index (χ3v) is 1.78. The number of hydrogen-bond donors (Lipinski definition) is 0. The molecule has 0 radical (unpaired) electrons. The number of carbonyl (C=O) groups excluding carboxylic acids is 2. The van der Waals surface area contributed by atoms with Crippen molar-refractivity contribution < 1.29 is 9.59 Å². The Hall–Kier alpha value is -1.59. The average Bonchev–Trinajstić information content (AvgIpc) is 2.20. The lowest BCUT2D eigenvalue weighted by molar-refractivity contribution is -0.107. The molecule has 0 N–H and O–H groups in total. The molecule has 2 nitrogen and oxygen atoms in total. The standard InChI is InChI=1S/C11H7ClO2/c12-11-5-4-9(3-1-2-6-13)10(7-11)8-14/h4-8H,2H2. The molecule has 0 saturated carbocycles. The van der Waals surface area contributed by atoms with Gasteiger partial charge >= 0.3 is 0 Å². The topological polar surface area (TPSA) is 34.1 Å². The van der Waals surface area contributed by atoms with Crippen LogP contribution < -0.4 is 0 Å². The highest BCUT2D eigenvalue weighted by molar-refractivity contribution is 6.30. The van der Waals surface area contributed by atoms with Crippen LogP contribution in [0.4, 0.5) is 0 Å². The Balaban J connectivity index is 3.03. The SMILES string of the molecule is O=CCC#Cc1ccc(Cl)cc1C=O. The Morgan fingerprint density at radius 1 is 1.36 bits per heavy atom. The normalized spacial score (nSPS) is 8.64. The third-order valence-electron chi connectivity index (χ3n) is 1.55. The predicted octanol–water partition coefficient (Wildman–Crippen LogP) is 2.09. The molecule has 0 fully saturated rings. The van der Waals surface area contributed by atoms with Crippen LogP contribution in [0.5, 0.6) is 0 Å². The first kappa shape index (κ1) is 10.5. The first-order chi connectivity index (χ1) is 6.77. The van der Waals surface area contributed by atoms with Gasteiger partial charge in [0.2, 0.25) is 0 Å². The Morgan fingerprint density at radius 3 is 2.79 bits per heavy atom. The molecule has 0 amide bonds. The van der Waals surface area contributed by atoms with E-state index in [4.69, 9.17) is 11.6 Å². The van der Waals surface area contributed by atoms with Crippen LogP contribution in [0.3, 0.4) is 0 Å². The molecule has 0 aliphatic heterocycles. The first-order valence-electron chi connectivity index (χ1n) is 3.95. The molecule has 14 heavy (non-hydrogen) atoms. The number of rotatable bonds is 2. The van der Waals surface area contributed by atoms with E-state index in [0.29, 0.717) is 28.7 Å². The second kappa shape index (κ2) is 5.21. The highest BCUT2D eigenvalue weighted by atomic mass is 35.5. The lowest BCUT2D eigenvalue weighted by atomic mass is 10.1. The van der Waals surface area contributed by atoms with Crippen molar-refractivity contribution in [1.82, 2.24) is 0 Å². The van der Waals surface area contributed by atoms with Gasteiger partial charge in [0.25, 0.3) is 0 Å². The molecule has 1 aromatic rings. The lowest BCUT2D eigenvalue weighted by Crippen LogP contribution is -1.86. The summed E-state index contributed by atoms with van der Waals surface area (Å²) in [4.78, 5) is 20.6. The van der Waals surface area contributed by atoms with E-state index < -0.39 is 0 Å². The molecule has 0 bridgehead atoms. The molecule has 1 rings (SSSR count). The summed E-state index contributed by atoms with van der Waals surface area (Å²) in [7, 11) is 0. The van der Waals surface area contributed by atoms with E-state index in [1.54, 1.807) is 18.2 Å². The smallest absolute Gasteiger partial charge is 0.151 e. The van der Waals surface area contributed by atoms with Gasteiger partial charge in [-0.15, -0.1) is 0 Å². The maximum absolute atomic E-state index is 10.6. The number of carbonyl (C=O) groups is 2. The van der Waals surface area contributed by atoms with Gasteiger partial charge in [-0.3, -0.25) is 4.79 Å². The maximum Gasteiger partial charge on any atom is 0.151 e. The largest absolute Gasteiger partial charge is 0.302 e. The minimum absolute atomic E-state index is 0.168. The number of benzene rings is 1. The van der Waals surface area contributed by atoms with Gasteiger partial charge in [-0.2, -0.15) is 0 Å². The predicted molar refractivity (Wildman–Crippen MR) is 54.4 cm³/mol. The lowest BCUT2D eigenvalue weighted by Gasteiger charge is -1.96. The Kier molecular flexibility index (Phi) is 3.90. The highest BCUT2D eigenvalue weighted by Gasteiger charge is 1.98. The van der Waals surface area contributed by atoms with Crippen LogP contribution in [0.2, 0.25) is 5.02 Å². The van der Waals surface area contributed by atoms with Crippen molar-refractivity contribution in [1.29, 1.82) is 0 Å². The number of aldehydes is 2. The number of hydrogen-bond acceptors (Lipinski definition) is 2. The van der Waals surface area contributed by atoms with Crippen LogP contribution in [-0.2, 0) is 4.79 Å². The average molecular weight is 207 g/mol. The van der Waals surface area contributed by atoms with Crippen LogP contribution >= 0.6 is 11.6 Å². The van der Waals surface area contributed by atoms with E-state index in [-0.39, 0.29) is 6.42 Å². The summed E-state index contributed by atoms with van der Waals surface area (Å²) >= 11 is 5.69. The fraction of sp³-hybridized carbons (Fsp3) is 0.0909. The van der Waals surface area contributed by atoms with Crippen molar-refractivity contribution in [2.75, 3.05) is 0 Å². The zero-order valence-corrected chi connectivity index (χ0v) is 8.04. The maximum atomic E-state index is 10.6. The molecular weight excluding hydrogens is 200 g/mol. The minimum atomic E-state index is 0.168. The first-order valence-corrected chi connectivity index (χ1v) is 4.33. The Bertz CT molecular complexity index is 413. The Labute approximate surface area is 86.9 Å². The van der Waals surface area contributed by atoms with Crippen LogP contribution in [0.1, 0.15) is 22.3 Å². The summed E-state index contributed by atoms with van der Waals surface area (Å²) in [6, 6.07) is 4.85.